The largest absolute Gasteiger partial charge is 0.430 e. The maximum Gasteiger partial charge on any atom is 0.261 e. The maximum absolute atomic E-state index is 12.7. The molecule has 2 heterocycles. The van der Waals surface area contributed by atoms with Crippen LogP contribution in [0.25, 0.3) is 11.2 Å². The average molecular weight is 469 g/mol. The Bertz CT molecular complexity index is 1350. The second-order valence-corrected chi connectivity index (χ2v) is 9.70. The number of fused-ring (bicyclic) bond motifs is 1. The van der Waals surface area contributed by atoms with Gasteiger partial charge in [-0.1, -0.05) is 29.5 Å². The number of nitrogens with zero attached hydrogens (tertiary/aromatic N) is 2. The van der Waals surface area contributed by atoms with Crippen LogP contribution in [-0.4, -0.2) is 30.0 Å². The number of sulfonamides is 1. The smallest absolute Gasteiger partial charge is 0.261 e. The third-order valence-corrected chi connectivity index (χ3v) is 6.76. The van der Waals surface area contributed by atoms with Crippen LogP contribution in [0.1, 0.15) is 11.1 Å². The quantitative estimate of drug-likeness (QED) is 0.387. The average Bonchev–Trinajstić information content (AvgIpc) is 3.18. The molecular weight excluding hydrogens is 448 g/mol. The molecule has 0 spiro atoms. The van der Waals surface area contributed by atoms with Crippen LogP contribution in [-0.2, 0) is 14.8 Å². The molecule has 4 rings (SSSR count). The molecule has 164 valence electrons. The van der Waals surface area contributed by atoms with Crippen LogP contribution in [0, 0.1) is 13.8 Å². The first kappa shape index (κ1) is 21.8. The van der Waals surface area contributed by atoms with Gasteiger partial charge in [0.25, 0.3) is 15.2 Å². The van der Waals surface area contributed by atoms with Gasteiger partial charge in [-0.3, -0.25) is 9.52 Å². The third-order valence-electron chi connectivity index (χ3n) is 4.55. The fourth-order valence-corrected chi connectivity index (χ4v) is 4.74. The minimum atomic E-state index is -3.75. The van der Waals surface area contributed by atoms with Crippen molar-refractivity contribution in [2.45, 2.75) is 24.0 Å². The van der Waals surface area contributed by atoms with Crippen molar-refractivity contribution in [1.82, 2.24) is 9.97 Å². The van der Waals surface area contributed by atoms with Gasteiger partial charge in [-0.25, -0.2) is 13.4 Å². The van der Waals surface area contributed by atoms with Gasteiger partial charge in [-0.15, -0.1) is 0 Å². The number of anilines is 2. The number of benzene rings is 2. The molecule has 32 heavy (non-hydrogen) atoms. The second kappa shape index (κ2) is 9.01. The molecular formula is C22H20N4O4S2. The number of aryl methyl sites for hydroxylation is 2. The zero-order chi connectivity index (χ0) is 22.7. The maximum atomic E-state index is 12.7. The number of oxazole rings is 1. The lowest BCUT2D eigenvalue weighted by Gasteiger charge is -2.12. The van der Waals surface area contributed by atoms with Gasteiger partial charge in [0, 0.05) is 11.9 Å². The number of hydrogen-bond donors (Lipinski definition) is 2. The van der Waals surface area contributed by atoms with Crippen molar-refractivity contribution in [3.05, 3.63) is 71.9 Å². The molecule has 0 saturated carbocycles. The minimum Gasteiger partial charge on any atom is -0.430 e. The molecule has 0 bridgehead atoms. The Labute approximate surface area is 189 Å². The Hall–Kier alpha value is -3.37. The van der Waals surface area contributed by atoms with E-state index >= 15 is 0 Å². The normalized spacial score (nSPS) is 11.4. The summed E-state index contributed by atoms with van der Waals surface area (Å²) in [6.45, 7) is 3.79. The Morgan fingerprint density at radius 2 is 1.88 bits per heavy atom. The Kier molecular flexibility index (Phi) is 6.15. The van der Waals surface area contributed by atoms with Crippen LogP contribution < -0.4 is 10.0 Å². The number of carbonyl (C=O) groups excluding carboxylic acids is 1. The van der Waals surface area contributed by atoms with Crippen LogP contribution in [0.4, 0.5) is 11.4 Å². The van der Waals surface area contributed by atoms with Gasteiger partial charge in [0.2, 0.25) is 5.91 Å². The molecule has 0 atom stereocenters. The molecule has 2 aromatic carbocycles. The van der Waals surface area contributed by atoms with Crippen molar-refractivity contribution in [1.29, 1.82) is 0 Å². The summed E-state index contributed by atoms with van der Waals surface area (Å²) < 4.78 is 33.5. The first-order valence-corrected chi connectivity index (χ1v) is 12.1. The monoisotopic (exact) mass is 468 g/mol. The molecule has 8 nitrogen and oxygen atoms in total. The van der Waals surface area contributed by atoms with Crippen molar-refractivity contribution in [3.8, 4) is 0 Å². The number of aromatic nitrogens is 2. The highest BCUT2D eigenvalue weighted by Gasteiger charge is 2.16. The number of rotatable bonds is 7. The van der Waals surface area contributed by atoms with Gasteiger partial charge in [0.15, 0.2) is 11.2 Å². The molecule has 0 saturated heterocycles. The van der Waals surface area contributed by atoms with E-state index in [9.17, 15) is 13.2 Å². The van der Waals surface area contributed by atoms with Gasteiger partial charge in [0.1, 0.15) is 0 Å². The number of nitrogens with one attached hydrogen (secondary N) is 2. The predicted octanol–water partition coefficient (Wildman–Crippen LogP) is 4.37. The lowest BCUT2D eigenvalue weighted by molar-refractivity contribution is -0.113. The SMILES string of the molecule is Cc1ccc(NS(=O)(=O)c2ccc(NC(=O)CSc3nc4ncccc4o3)cc2)c(C)c1. The van der Waals surface area contributed by atoms with E-state index in [1.54, 1.807) is 36.5 Å². The number of pyridine rings is 1. The van der Waals surface area contributed by atoms with Gasteiger partial charge in [-0.2, -0.15) is 4.98 Å². The van der Waals surface area contributed by atoms with E-state index in [1.807, 2.05) is 26.0 Å². The molecule has 0 unspecified atom stereocenters. The number of carbonyl (C=O) groups is 1. The lowest BCUT2D eigenvalue weighted by Crippen LogP contribution is -2.15. The van der Waals surface area contributed by atoms with E-state index < -0.39 is 10.0 Å². The highest BCUT2D eigenvalue weighted by molar-refractivity contribution is 7.99. The number of amides is 1. The fraction of sp³-hybridized carbons (Fsp3) is 0.136. The third kappa shape index (κ3) is 5.09. The Morgan fingerprint density at radius 3 is 2.59 bits per heavy atom. The Morgan fingerprint density at radius 1 is 1.09 bits per heavy atom. The minimum absolute atomic E-state index is 0.0845. The van der Waals surface area contributed by atoms with E-state index in [2.05, 4.69) is 20.0 Å². The first-order chi connectivity index (χ1) is 15.3. The molecule has 0 radical (unpaired) electrons. The molecule has 2 aromatic heterocycles. The topological polar surface area (TPSA) is 114 Å². The van der Waals surface area contributed by atoms with Crippen molar-refractivity contribution < 1.29 is 17.6 Å². The zero-order valence-electron chi connectivity index (χ0n) is 17.3. The van der Waals surface area contributed by atoms with E-state index in [4.69, 9.17) is 4.42 Å². The van der Waals surface area contributed by atoms with Crippen molar-refractivity contribution >= 4 is 50.3 Å². The molecule has 4 aromatic rings. The molecule has 0 aliphatic rings. The van der Waals surface area contributed by atoms with E-state index in [1.165, 1.54) is 12.1 Å². The molecule has 0 aliphatic heterocycles. The molecule has 2 N–H and O–H groups in total. The van der Waals surface area contributed by atoms with E-state index in [0.717, 1.165) is 22.9 Å². The van der Waals surface area contributed by atoms with Gasteiger partial charge in [-0.05, 0) is 61.9 Å². The summed E-state index contributed by atoms with van der Waals surface area (Å²) in [6, 6.07) is 15.0. The summed E-state index contributed by atoms with van der Waals surface area (Å²) in [4.78, 5) is 20.6. The van der Waals surface area contributed by atoms with Crippen molar-refractivity contribution in [3.63, 3.8) is 0 Å². The molecule has 0 aliphatic carbocycles. The summed E-state index contributed by atoms with van der Waals surface area (Å²) in [6.07, 6.45) is 1.62. The number of thioether (sulfide) groups is 1. The molecule has 10 heteroatoms. The van der Waals surface area contributed by atoms with Crippen molar-refractivity contribution in [2.75, 3.05) is 15.8 Å². The van der Waals surface area contributed by atoms with Crippen LogP contribution >= 0.6 is 11.8 Å². The van der Waals surface area contributed by atoms with E-state index in [0.29, 0.717) is 27.8 Å². The highest BCUT2D eigenvalue weighted by atomic mass is 32.2. The highest BCUT2D eigenvalue weighted by Crippen LogP contribution is 2.23. The van der Waals surface area contributed by atoms with Gasteiger partial charge >= 0.3 is 0 Å². The van der Waals surface area contributed by atoms with Crippen LogP contribution in [0.15, 0.2) is 75.3 Å². The second-order valence-electron chi connectivity index (χ2n) is 7.09. The summed E-state index contributed by atoms with van der Waals surface area (Å²) in [5.41, 5.74) is 3.95. The zero-order valence-corrected chi connectivity index (χ0v) is 19.0. The molecule has 0 fully saturated rings. The standard InChI is InChI=1S/C22H20N4O4S2/c1-14-5-10-18(15(2)12-14)26-32(28,29)17-8-6-16(7-9-17)24-20(27)13-31-22-25-21-19(30-22)4-3-11-23-21/h3-12,26H,13H2,1-2H3,(H,24,27). The van der Waals surface area contributed by atoms with Crippen LogP contribution in [0.3, 0.4) is 0 Å². The van der Waals surface area contributed by atoms with Gasteiger partial charge < -0.3 is 9.73 Å². The summed E-state index contributed by atoms with van der Waals surface area (Å²) in [5.74, 6) is -0.185. The fourth-order valence-electron chi connectivity index (χ4n) is 2.98. The van der Waals surface area contributed by atoms with Crippen LogP contribution in [0.5, 0.6) is 0 Å². The first-order valence-electron chi connectivity index (χ1n) is 9.64. The summed E-state index contributed by atoms with van der Waals surface area (Å²) >= 11 is 1.15. The predicted molar refractivity (Wildman–Crippen MR) is 124 cm³/mol. The van der Waals surface area contributed by atoms with Gasteiger partial charge in [0.05, 0.1) is 16.3 Å². The lowest BCUT2D eigenvalue weighted by atomic mass is 10.1. The number of hydrogen-bond acceptors (Lipinski definition) is 7. The molecule has 1 amide bonds. The van der Waals surface area contributed by atoms with Crippen LogP contribution in [0.2, 0.25) is 0 Å². The van der Waals surface area contributed by atoms with Crippen molar-refractivity contribution in [2.24, 2.45) is 0 Å². The summed E-state index contributed by atoms with van der Waals surface area (Å²) in [5, 5.41) is 3.08. The Balaban J connectivity index is 1.36. The summed E-state index contributed by atoms with van der Waals surface area (Å²) in [7, 11) is -3.75. The van der Waals surface area contributed by atoms with E-state index in [-0.39, 0.29) is 16.6 Å².